The monoisotopic (exact) mass is 402 g/mol. The van der Waals surface area contributed by atoms with Crippen LogP contribution in [0.25, 0.3) is 22.0 Å². The molecule has 1 aromatic heterocycles. The molecule has 0 spiro atoms. The van der Waals surface area contributed by atoms with Crippen molar-refractivity contribution in [2.75, 3.05) is 14.2 Å². The average molecular weight is 403 g/mol. The molecule has 0 N–H and O–H groups in total. The summed E-state index contributed by atoms with van der Waals surface area (Å²) in [5.41, 5.74) is 4.33. The summed E-state index contributed by atoms with van der Waals surface area (Å²) in [5.74, 6) is 2.26. The van der Waals surface area contributed by atoms with Gasteiger partial charge >= 0.3 is 0 Å². The van der Waals surface area contributed by atoms with Crippen LogP contribution in [-0.2, 0) is 5.75 Å². The van der Waals surface area contributed by atoms with E-state index in [9.17, 15) is 0 Å². The first kappa shape index (κ1) is 19.3. The minimum atomic E-state index is 0.740. The number of fused-ring (bicyclic) bond motifs is 1. The van der Waals surface area contributed by atoms with Crippen LogP contribution in [0.5, 0.6) is 11.5 Å². The highest BCUT2D eigenvalue weighted by molar-refractivity contribution is 7.98. The van der Waals surface area contributed by atoms with Gasteiger partial charge in [-0.2, -0.15) is 0 Å². The lowest BCUT2D eigenvalue weighted by Crippen LogP contribution is -1.96. The van der Waals surface area contributed by atoms with Crippen molar-refractivity contribution in [2.24, 2.45) is 0 Å². The normalized spacial score (nSPS) is 10.9. The Hall–Kier alpha value is -3.05. The lowest BCUT2D eigenvalue weighted by molar-refractivity contribution is 0.354. The van der Waals surface area contributed by atoms with Gasteiger partial charge in [-0.3, -0.25) is 0 Å². The first-order valence-electron chi connectivity index (χ1n) is 9.36. The number of benzene rings is 3. The average Bonchev–Trinajstić information content (AvgIpc) is 2.78. The van der Waals surface area contributed by atoms with Crippen molar-refractivity contribution < 1.29 is 9.47 Å². The molecule has 1 heterocycles. The molecule has 0 aliphatic carbocycles. The maximum Gasteiger partial charge on any atom is 0.161 e. The van der Waals surface area contributed by atoms with Gasteiger partial charge in [-0.15, -0.1) is 10.2 Å². The van der Waals surface area contributed by atoms with Crippen LogP contribution in [0.4, 0.5) is 0 Å². The lowest BCUT2D eigenvalue weighted by atomic mass is 10.1. The highest BCUT2D eigenvalue weighted by atomic mass is 32.2. The van der Waals surface area contributed by atoms with Gasteiger partial charge in [0.05, 0.1) is 14.2 Å². The van der Waals surface area contributed by atoms with E-state index in [0.717, 1.165) is 49.9 Å². The fourth-order valence-corrected chi connectivity index (χ4v) is 4.35. The van der Waals surface area contributed by atoms with Crippen LogP contribution in [-0.4, -0.2) is 24.4 Å². The molecule has 0 aliphatic heterocycles. The number of ether oxygens (including phenoxy) is 2. The number of hydrogen-bond donors (Lipinski definition) is 0. The van der Waals surface area contributed by atoms with Gasteiger partial charge in [-0.05, 0) is 30.2 Å². The van der Waals surface area contributed by atoms with E-state index in [1.54, 1.807) is 26.0 Å². The zero-order chi connectivity index (χ0) is 20.2. The van der Waals surface area contributed by atoms with Crippen molar-refractivity contribution in [3.05, 3.63) is 77.9 Å². The second kappa shape index (κ2) is 8.53. The molecule has 0 amide bonds. The highest BCUT2D eigenvalue weighted by Crippen LogP contribution is 2.36. The molecule has 0 saturated heterocycles. The number of thioether (sulfide) groups is 1. The fourth-order valence-electron chi connectivity index (χ4n) is 3.32. The van der Waals surface area contributed by atoms with E-state index in [1.807, 2.05) is 42.5 Å². The first-order chi connectivity index (χ1) is 14.2. The molecule has 0 aliphatic rings. The van der Waals surface area contributed by atoms with E-state index in [0.29, 0.717) is 0 Å². The third-order valence-electron chi connectivity index (χ3n) is 4.91. The zero-order valence-electron chi connectivity index (χ0n) is 16.7. The third kappa shape index (κ3) is 3.91. The van der Waals surface area contributed by atoms with E-state index in [2.05, 4.69) is 41.4 Å². The van der Waals surface area contributed by atoms with E-state index >= 15 is 0 Å². The Morgan fingerprint density at radius 1 is 0.793 bits per heavy atom. The van der Waals surface area contributed by atoms with Crippen LogP contribution in [0.1, 0.15) is 11.1 Å². The Labute approximate surface area is 174 Å². The van der Waals surface area contributed by atoms with Gasteiger partial charge in [-0.25, -0.2) is 0 Å². The molecule has 3 aromatic carbocycles. The minimum absolute atomic E-state index is 0.740. The minimum Gasteiger partial charge on any atom is -0.493 e. The van der Waals surface area contributed by atoms with Crippen molar-refractivity contribution in [3.63, 3.8) is 0 Å². The van der Waals surface area contributed by atoms with Gasteiger partial charge in [0.25, 0.3) is 0 Å². The highest BCUT2D eigenvalue weighted by Gasteiger charge is 2.13. The molecule has 5 heteroatoms. The number of methoxy groups -OCH3 is 2. The molecule has 29 heavy (non-hydrogen) atoms. The number of hydrogen-bond acceptors (Lipinski definition) is 5. The van der Waals surface area contributed by atoms with Gasteiger partial charge in [0.1, 0.15) is 10.7 Å². The summed E-state index contributed by atoms with van der Waals surface area (Å²) in [6, 6.07) is 22.5. The summed E-state index contributed by atoms with van der Waals surface area (Å²) in [4.78, 5) is 0. The van der Waals surface area contributed by atoms with Crippen molar-refractivity contribution >= 4 is 22.5 Å². The van der Waals surface area contributed by atoms with Crippen LogP contribution >= 0.6 is 11.8 Å². The predicted molar refractivity (Wildman–Crippen MR) is 119 cm³/mol. The standard InChI is InChI=1S/C24H22N2O2S/c1-16-13-21(27-2)22(28-3)14-18(16)15-29-24-20-12-8-7-11-19(20)23(25-26-24)17-9-5-4-6-10-17/h4-14H,15H2,1-3H3. The smallest absolute Gasteiger partial charge is 0.161 e. The maximum absolute atomic E-state index is 5.46. The Morgan fingerprint density at radius 3 is 2.17 bits per heavy atom. The molecular weight excluding hydrogens is 380 g/mol. The Bertz CT molecular complexity index is 1150. The molecule has 0 atom stereocenters. The van der Waals surface area contributed by atoms with E-state index in [4.69, 9.17) is 9.47 Å². The summed E-state index contributed by atoms with van der Waals surface area (Å²) in [6.07, 6.45) is 0. The number of rotatable bonds is 6. The van der Waals surface area contributed by atoms with Crippen molar-refractivity contribution in [2.45, 2.75) is 17.7 Å². The van der Waals surface area contributed by atoms with Gasteiger partial charge in [0.2, 0.25) is 0 Å². The molecule has 0 saturated carbocycles. The number of nitrogens with zero attached hydrogens (tertiary/aromatic N) is 2. The lowest BCUT2D eigenvalue weighted by Gasteiger charge is -2.13. The Morgan fingerprint density at radius 2 is 1.45 bits per heavy atom. The summed E-state index contributed by atoms with van der Waals surface area (Å²) < 4.78 is 10.9. The molecule has 0 unspecified atom stereocenters. The SMILES string of the molecule is COc1cc(C)c(CSc2nnc(-c3ccccc3)c3ccccc23)cc1OC. The second-order valence-corrected chi connectivity index (χ2v) is 7.65. The van der Waals surface area contributed by atoms with Crippen LogP contribution in [0, 0.1) is 6.92 Å². The van der Waals surface area contributed by atoms with Crippen LogP contribution in [0.15, 0.2) is 71.8 Å². The van der Waals surface area contributed by atoms with E-state index in [1.165, 1.54) is 5.56 Å². The quantitative estimate of drug-likeness (QED) is 0.375. The van der Waals surface area contributed by atoms with Crippen molar-refractivity contribution in [1.82, 2.24) is 10.2 Å². The molecule has 0 bridgehead atoms. The van der Waals surface area contributed by atoms with Crippen molar-refractivity contribution in [3.8, 4) is 22.8 Å². The van der Waals surface area contributed by atoms with Gasteiger partial charge in [-0.1, -0.05) is 66.4 Å². The summed E-state index contributed by atoms with van der Waals surface area (Å²) >= 11 is 1.68. The molecule has 4 aromatic rings. The van der Waals surface area contributed by atoms with Gasteiger partial charge in [0.15, 0.2) is 11.5 Å². The largest absolute Gasteiger partial charge is 0.493 e. The fraction of sp³-hybridized carbons (Fsp3) is 0.167. The molecular formula is C24H22N2O2S. The molecule has 4 nitrogen and oxygen atoms in total. The van der Waals surface area contributed by atoms with Gasteiger partial charge in [0, 0.05) is 22.1 Å². The Balaban J connectivity index is 1.68. The predicted octanol–water partition coefficient (Wildman–Crippen LogP) is 5.91. The van der Waals surface area contributed by atoms with E-state index in [-0.39, 0.29) is 0 Å². The molecule has 146 valence electrons. The van der Waals surface area contributed by atoms with Crippen LogP contribution in [0.2, 0.25) is 0 Å². The second-order valence-electron chi connectivity index (χ2n) is 6.69. The molecule has 0 radical (unpaired) electrons. The van der Waals surface area contributed by atoms with Crippen molar-refractivity contribution in [1.29, 1.82) is 0 Å². The summed E-state index contributed by atoms with van der Waals surface area (Å²) in [7, 11) is 3.31. The number of aromatic nitrogens is 2. The molecule has 0 fully saturated rings. The van der Waals surface area contributed by atoms with Gasteiger partial charge < -0.3 is 9.47 Å². The topological polar surface area (TPSA) is 44.2 Å². The summed E-state index contributed by atoms with van der Waals surface area (Å²) in [6.45, 7) is 2.08. The molecule has 4 rings (SSSR count). The van der Waals surface area contributed by atoms with Crippen LogP contribution < -0.4 is 9.47 Å². The third-order valence-corrected chi connectivity index (χ3v) is 5.94. The van der Waals surface area contributed by atoms with E-state index < -0.39 is 0 Å². The Kier molecular flexibility index (Phi) is 5.67. The maximum atomic E-state index is 5.46. The van der Waals surface area contributed by atoms with Crippen LogP contribution in [0.3, 0.4) is 0 Å². The number of aryl methyl sites for hydroxylation is 1. The first-order valence-corrected chi connectivity index (χ1v) is 10.3. The zero-order valence-corrected chi connectivity index (χ0v) is 17.5. The summed E-state index contributed by atoms with van der Waals surface area (Å²) in [5, 5.41) is 12.3.